The van der Waals surface area contributed by atoms with E-state index in [0.29, 0.717) is 0 Å². The Bertz CT molecular complexity index is 576. The van der Waals surface area contributed by atoms with Crippen molar-refractivity contribution in [3.05, 3.63) is 46.0 Å². The van der Waals surface area contributed by atoms with Crippen LogP contribution in [0.4, 0.5) is 0 Å². The van der Waals surface area contributed by atoms with Gasteiger partial charge in [0.25, 0.3) is 0 Å². The largest absolute Gasteiger partial charge is 0.369 e. The highest BCUT2D eigenvalue weighted by molar-refractivity contribution is 8.00. The zero-order valence-electron chi connectivity index (χ0n) is 11.0. The van der Waals surface area contributed by atoms with Crippen LogP contribution in [0, 0.1) is 13.8 Å². The van der Waals surface area contributed by atoms with Crippen LogP contribution in [0.1, 0.15) is 21.7 Å². The number of rotatable bonds is 5. The number of hydrogen-bond acceptors (Lipinski definition) is 4. The van der Waals surface area contributed by atoms with E-state index in [1.54, 1.807) is 23.1 Å². The maximum Gasteiger partial charge on any atom is 0.222 e. The smallest absolute Gasteiger partial charge is 0.222 e. The summed E-state index contributed by atoms with van der Waals surface area (Å²) in [4.78, 5) is 16.4. The Hall–Kier alpha value is -1.33. The fraction of sp³-hybridized carbons (Fsp3) is 0.286. The maximum atomic E-state index is 10.9. The van der Waals surface area contributed by atoms with E-state index in [2.05, 4.69) is 36.2 Å². The number of nitrogens with zero attached hydrogens (tertiary/aromatic N) is 1. The van der Waals surface area contributed by atoms with Gasteiger partial charge in [-0.05, 0) is 19.4 Å². The van der Waals surface area contributed by atoms with Crippen LogP contribution in [0.3, 0.4) is 0 Å². The topological polar surface area (TPSA) is 56.0 Å². The number of thioether (sulfide) groups is 1. The number of benzene rings is 1. The summed E-state index contributed by atoms with van der Waals surface area (Å²) in [5, 5.41) is 0. The van der Waals surface area contributed by atoms with Crippen LogP contribution in [0.15, 0.2) is 28.6 Å². The summed E-state index contributed by atoms with van der Waals surface area (Å²) in [6, 6.07) is 8.49. The minimum atomic E-state index is -0.304. The molecule has 0 aliphatic heterocycles. The average Bonchev–Trinajstić information content (AvgIpc) is 2.69. The molecule has 0 atom stereocenters. The second-order valence-corrected chi connectivity index (χ2v) is 6.71. The van der Waals surface area contributed by atoms with Gasteiger partial charge in [-0.25, -0.2) is 4.98 Å². The van der Waals surface area contributed by atoms with Gasteiger partial charge in [0, 0.05) is 10.6 Å². The maximum absolute atomic E-state index is 10.9. The summed E-state index contributed by atoms with van der Waals surface area (Å²) in [5.41, 5.74) is 8.67. The molecule has 100 valence electrons. The van der Waals surface area contributed by atoms with E-state index in [0.717, 1.165) is 20.7 Å². The molecule has 2 N–H and O–H groups in total. The molecule has 0 fully saturated rings. The molecule has 1 heterocycles. The second-order valence-electron chi connectivity index (χ2n) is 4.41. The van der Waals surface area contributed by atoms with Crippen molar-refractivity contribution in [1.82, 2.24) is 4.98 Å². The van der Waals surface area contributed by atoms with E-state index in [1.165, 1.54) is 11.1 Å². The predicted octanol–water partition coefficient (Wildman–Crippen LogP) is 3.08. The molecule has 2 aromatic rings. The Balaban J connectivity index is 1.99. The second kappa shape index (κ2) is 6.21. The first-order valence-corrected chi connectivity index (χ1v) is 7.78. The number of hydrogen-bond donors (Lipinski definition) is 1. The van der Waals surface area contributed by atoms with E-state index in [4.69, 9.17) is 5.73 Å². The first-order chi connectivity index (χ1) is 9.04. The number of nitrogens with two attached hydrogens (primary N) is 1. The van der Waals surface area contributed by atoms with Gasteiger partial charge in [-0.2, -0.15) is 0 Å². The molecule has 1 aromatic carbocycles. The molecule has 1 aromatic heterocycles. The van der Waals surface area contributed by atoms with Gasteiger partial charge in [-0.1, -0.05) is 41.6 Å². The van der Waals surface area contributed by atoms with Gasteiger partial charge in [-0.3, -0.25) is 4.79 Å². The quantitative estimate of drug-likeness (QED) is 0.862. The lowest BCUT2D eigenvalue weighted by atomic mass is 10.2. The molecule has 0 unspecified atom stereocenters. The van der Waals surface area contributed by atoms with Crippen molar-refractivity contribution >= 4 is 29.0 Å². The van der Waals surface area contributed by atoms with Gasteiger partial charge < -0.3 is 5.73 Å². The van der Waals surface area contributed by atoms with E-state index in [1.807, 2.05) is 6.92 Å². The number of primary amides is 1. The molecule has 0 saturated heterocycles. The van der Waals surface area contributed by atoms with Crippen molar-refractivity contribution in [2.24, 2.45) is 5.73 Å². The van der Waals surface area contributed by atoms with Crippen LogP contribution in [0.25, 0.3) is 0 Å². The Kier molecular flexibility index (Phi) is 4.61. The summed E-state index contributed by atoms with van der Waals surface area (Å²) in [7, 11) is 0. The molecular formula is C14H16N2OS2. The summed E-state index contributed by atoms with van der Waals surface area (Å²) < 4.78 is 0.995. The molecule has 19 heavy (non-hydrogen) atoms. The van der Waals surface area contributed by atoms with Gasteiger partial charge in [0.05, 0.1) is 12.1 Å². The normalized spacial score (nSPS) is 10.6. The average molecular weight is 292 g/mol. The Labute approximate surface area is 121 Å². The molecule has 0 aliphatic rings. The first kappa shape index (κ1) is 14.1. The van der Waals surface area contributed by atoms with Crippen molar-refractivity contribution in [1.29, 1.82) is 0 Å². The van der Waals surface area contributed by atoms with Crippen LogP contribution < -0.4 is 5.73 Å². The van der Waals surface area contributed by atoms with Crippen molar-refractivity contribution in [3.8, 4) is 0 Å². The van der Waals surface area contributed by atoms with Gasteiger partial charge in [0.2, 0.25) is 5.91 Å². The van der Waals surface area contributed by atoms with E-state index >= 15 is 0 Å². The molecular weight excluding hydrogens is 276 g/mol. The highest BCUT2D eigenvalue weighted by Crippen LogP contribution is 2.29. The van der Waals surface area contributed by atoms with Crippen molar-refractivity contribution < 1.29 is 4.79 Å². The standard InChI is InChI=1S/C14H16N2OS2/c1-9-3-5-11(6-4-9)8-18-14-16-10(2)12(19-14)7-13(15)17/h3-6H,7-8H2,1-2H3,(H2,15,17). The summed E-state index contributed by atoms with van der Waals surface area (Å²) in [6.07, 6.45) is 0.286. The third-order valence-corrected chi connectivity index (χ3v) is 5.06. The summed E-state index contributed by atoms with van der Waals surface area (Å²) >= 11 is 3.26. The van der Waals surface area contributed by atoms with E-state index < -0.39 is 0 Å². The molecule has 0 bridgehead atoms. The third-order valence-electron chi connectivity index (χ3n) is 2.69. The van der Waals surface area contributed by atoms with Crippen molar-refractivity contribution in [3.63, 3.8) is 0 Å². The predicted molar refractivity (Wildman–Crippen MR) is 80.5 cm³/mol. The van der Waals surface area contributed by atoms with Gasteiger partial charge in [0.15, 0.2) is 4.34 Å². The summed E-state index contributed by atoms with van der Waals surface area (Å²) in [5.74, 6) is 0.588. The van der Waals surface area contributed by atoms with Crippen LogP contribution in [0.5, 0.6) is 0 Å². The fourth-order valence-electron chi connectivity index (χ4n) is 1.61. The van der Waals surface area contributed by atoms with Crippen LogP contribution in [-0.2, 0) is 17.0 Å². The van der Waals surface area contributed by atoms with Crippen LogP contribution >= 0.6 is 23.1 Å². The Morgan fingerprint density at radius 2 is 2.00 bits per heavy atom. The van der Waals surface area contributed by atoms with E-state index in [9.17, 15) is 4.79 Å². The van der Waals surface area contributed by atoms with Crippen molar-refractivity contribution in [2.75, 3.05) is 0 Å². The number of amides is 1. The highest BCUT2D eigenvalue weighted by Gasteiger charge is 2.10. The van der Waals surface area contributed by atoms with Gasteiger partial charge in [0.1, 0.15) is 0 Å². The van der Waals surface area contributed by atoms with Gasteiger partial charge >= 0.3 is 0 Å². The molecule has 0 aliphatic carbocycles. The molecule has 0 saturated carbocycles. The van der Waals surface area contributed by atoms with Crippen LogP contribution in [0.2, 0.25) is 0 Å². The molecule has 1 amide bonds. The monoisotopic (exact) mass is 292 g/mol. The molecule has 3 nitrogen and oxygen atoms in total. The fourth-order valence-corrected chi connectivity index (χ4v) is 3.81. The molecule has 2 rings (SSSR count). The lowest BCUT2D eigenvalue weighted by Gasteiger charge is -1.99. The van der Waals surface area contributed by atoms with E-state index in [-0.39, 0.29) is 12.3 Å². The number of aryl methyl sites for hydroxylation is 2. The SMILES string of the molecule is Cc1ccc(CSc2nc(C)c(CC(N)=O)s2)cc1. The molecule has 5 heteroatoms. The number of thiazole rings is 1. The number of aromatic nitrogens is 1. The van der Waals surface area contributed by atoms with Gasteiger partial charge in [-0.15, -0.1) is 11.3 Å². The number of carbonyl (C=O) groups is 1. The Morgan fingerprint density at radius 1 is 1.32 bits per heavy atom. The van der Waals surface area contributed by atoms with Crippen LogP contribution in [-0.4, -0.2) is 10.9 Å². The zero-order valence-corrected chi connectivity index (χ0v) is 12.6. The lowest BCUT2D eigenvalue weighted by Crippen LogP contribution is -2.13. The Morgan fingerprint density at radius 3 is 2.63 bits per heavy atom. The minimum absolute atomic E-state index is 0.286. The highest BCUT2D eigenvalue weighted by atomic mass is 32.2. The molecule has 0 spiro atoms. The third kappa shape index (κ3) is 4.08. The van der Waals surface area contributed by atoms with Crippen molar-refractivity contribution in [2.45, 2.75) is 30.4 Å². The molecule has 0 radical (unpaired) electrons. The number of carbonyl (C=O) groups excluding carboxylic acids is 1. The minimum Gasteiger partial charge on any atom is -0.369 e. The first-order valence-electron chi connectivity index (χ1n) is 5.97. The summed E-state index contributed by atoms with van der Waals surface area (Å²) in [6.45, 7) is 4.00. The zero-order chi connectivity index (χ0) is 13.8. The lowest BCUT2D eigenvalue weighted by molar-refractivity contribution is -0.117.